The number of phenolic OH excluding ortho intramolecular Hbond substituents is 1. The number of nitrogens with zero attached hydrogens (tertiary/aromatic N) is 1. The van der Waals surface area contributed by atoms with Gasteiger partial charge in [-0.15, -0.1) is 0 Å². The number of hydrogen-bond acceptors (Lipinski definition) is 4. The molecular weight excluding hydrogens is 482 g/mol. The summed E-state index contributed by atoms with van der Waals surface area (Å²) in [7, 11) is 0. The summed E-state index contributed by atoms with van der Waals surface area (Å²) in [5, 5.41) is 13.5. The van der Waals surface area contributed by atoms with E-state index < -0.39 is 5.91 Å². The van der Waals surface area contributed by atoms with Crippen LogP contribution in [0.15, 0.2) is 48.9 Å². The van der Waals surface area contributed by atoms with Gasteiger partial charge in [-0.2, -0.15) is 5.10 Å². The average molecular weight is 492 g/mol. The summed E-state index contributed by atoms with van der Waals surface area (Å²) in [5.74, 6) is -0.392. The minimum absolute atomic E-state index is 0.0610. The van der Waals surface area contributed by atoms with Crippen molar-refractivity contribution in [3.8, 4) is 5.75 Å². The van der Waals surface area contributed by atoms with Crippen LogP contribution in [0.1, 0.15) is 15.9 Å². The highest BCUT2D eigenvalue weighted by Gasteiger charge is 2.12. The molecule has 2 aromatic rings. The third kappa shape index (κ3) is 4.08. The zero-order valence-corrected chi connectivity index (χ0v) is 15.7. The number of nitrogens with two attached hydrogens (primary N) is 1. The molecule has 0 saturated heterocycles. The number of rotatable bonds is 3. The van der Waals surface area contributed by atoms with Gasteiger partial charge in [0.1, 0.15) is 5.75 Å². The van der Waals surface area contributed by atoms with Crippen molar-refractivity contribution in [2.75, 3.05) is 5.73 Å². The van der Waals surface area contributed by atoms with Crippen LogP contribution in [0.2, 0.25) is 0 Å². The molecule has 0 spiro atoms. The third-order valence-corrected chi connectivity index (χ3v) is 4.31. The van der Waals surface area contributed by atoms with Gasteiger partial charge in [0.15, 0.2) is 0 Å². The molecular formula is C14H10Br3N3O2. The van der Waals surface area contributed by atoms with Crippen LogP contribution < -0.4 is 11.2 Å². The Morgan fingerprint density at radius 2 is 1.91 bits per heavy atom. The van der Waals surface area contributed by atoms with Crippen molar-refractivity contribution in [2.24, 2.45) is 5.10 Å². The Kier molecular flexibility index (Phi) is 5.60. The monoisotopic (exact) mass is 489 g/mol. The predicted octanol–water partition coefficient (Wildman–Crippen LogP) is 4.03. The van der Waals surface area contributed by atoms with Crippen LogP contribution >= 0.6 is 47.8 Å². The molecule has 0 heterocycles. The first kappa shape index (κ1) is 17.0. The highest BCUT2D eigenvalue weighted by Crippen LogP contribution is 2.28. The van der Waals surface area contributed by atoms with Gasteiger partial charge >= 0.3 is 0 Å². The second-order valence-electron chi connectivity index (χ2n) is 4.25. The molecule has 0 aliphatic rings. The maximum Gasteiger partial charge on any atom is 0.273 e. The lowest BCUT2D eigenvalue weighted by Gasteiger charge is -2.07. The molecule has 5 nitrogen and oxygen atoms in total. The highest BCUT2D eigenvalue weighted by atomic mass is 79.9. The Morgan fingerprint density at radius 1 is 1.18 bits per heavy atom. The summed E-state index contributed by atoms with van der Waals surface area (Å²) in [6, 6.07) is 8.24. The topological polar surface area (TPSA) is 87.7 Å². The number of benzene rings is 2. The lowest BCUT2D eigenvalue weighted by molar-refractivity contribution is 0.0956. The number of amides is 1. The van der Waals surface area contributed by atoms with Gasteiger partial charge in [0.25, 0.3) is 5.91 Å². The molecule has 0 aliphatic carbocycles. The maximum absolute atomic E-state index is 12.1. The van der Waals surface area contributed by atoms with E-state index in [0.717, 1.165) is 4.47 Å². The van der Waals surface area contributed by atoms with E-state index in [0.29, 0.717) is 20.2 Å². The first-order valence-electron chi connectivity index (χ1n) is 5.95. The molecule has 0 saturated carbocycles. The van der Waals surface area contributed by atoms with E-state index in [4.69, 9.17) is 5.73 Å². The molecule has 22 heavy (non-hydrogen) atoms. The zero-order chi connectivity index (χ0) is 16.3. The van der Waals surface area contributed by atoms with Gasteiger partial charge in [-0.3, -0.25) is 4.79 Å². The van der Waals surface area contributed by atoms with E-state index in [1.165, 1.54) is 12.3 Å². The molecule has 0 radical (unpaired) electrons. The third-order valence-electron chi connectivity index (χ3n) is 2.70. The number of hydrazone groups is 1. The number of nitrogen functional groups attached to an aromatic ring is 1. The van der Waals surface area contributed by atoms with Crippen molar-refractivity contribution >= 4 is 65.6 Å². The second-order valence-corrected chi connectivity index (χ2v) is 6.94. The highest BCUT2D eigenvalue weighted by molar-refractivity contribution is 9.11. The molecule has 4 N–H and O–H groups in total. The summed E-state index contributed by atoms with van der Waals surface area (Å²) in [4.78, 5) is 12.1. The minimum atomic E-state index is -0.453. The Balaban J connectivity index is 2.16. The molecule has 0 fully saturated rings. The number of halogens is 3. The van der Waals surface area contributed by atoms with Crippen molar-refractivity contribution in [3.63, 3.8) is 0 Å². The van der Waals surface area contributed by atoms with Crippen LogP contribution in [-0.4, -0.2) is 17.2 Å². The Labute approximate surface area is 152 Å². The molecule has 0 aliphatic heterocycles. The average Bonchev–Trinajstić information content (AvgIpc) is 2.46. The van der Waals surface area contributed by atoms with E-state index in [1.54, 1.807) is 24.3 Å². The van der Waals surface area contributed by atoms with Crippen molar-refractivity contribution in [1.82, 2.24) is 5.43 Å². The molecule has 0 unspecified atom stereocenters. The van der Waals surface area contributed by atoms with Crippen LogP contribution in [0, 0.1) is 0 Å². The van der Waals surface area contributed by atoms with Crippen LogP contribution in [0.5, 0.6) is 5.75 Å². The molecule has 2 rings (SSSR count). The summed E-state index contributed by atoms with van der Waals surface area (Å²) in [6.45, 7) is 0. The van der Waals surface area contributed by atoms with Gasteiger partial charge in [-0.1, -0.05) is 31.9 Å². The van der Waals surface area contributed by atoms with E-state index in [2.05, 4.69) is 58.3 Å². The van der Waals surface area contributed by atoms with E-state index in [1.807, 2.05) is 0 Å². The number of hydrogen-bond donors (Lipinski definition) is 3. The number of nitrogens with one attached hydrogen (secondary N) is 1. The molecule has 0 bridgehead atoms. The van der Waals surface area contributed by atoms with Crippen molar-refractivity contribution < 1.29 is 9.90 Å². The fourth-order valence-electron chi connectivity index (χ4n) is 1.62. The molecule has 8 heteroatoms. The molecule has 0 atom stereocenters. The molecule has 0 aromatic heterocycles. The number of carbonyl (C=O) groups excluding carboxylic acids is 1. The SMILES string of the molecule is Nc1c(Br)cc(Br)cc1C(=O)NN=Cc1cc(Br)ccc1O. The van der Waals surface area contributed by atoms with Crippen molar-refractivity contribution in [2.45, 2.75) is 0 Å². The quantitative estimate of drug-likeness (QED) is 0.344. The number of carbonyl (C=O) groups is 1. The van der Waals surface area contributed by atoms with Crippen LogP contribution in [0.25, 0.3) is 0 Å². The fourth-order valence-corrected chi connectivity index (χ4v) is 3.23. The van der Waals surface area contributed by atoms with Gasteiger partial charge in [0.05, 0.1) is 17.5 Å². The van der Waals surface area contributed by atoms with E-state index in [9.17, 15) is 9.90 Å². The van der Waals surface area contributed by atoms with Gasteiger partial charge in [-0.05, 0) is 46.3 Å². The summed E-state index contributed by atoms with van der Waals surface area (Å²) < 4.78 is 2.12. The normalized spacial score (nSPS) is 10.9. The van der Waals surface area contributed by atoms with Crippen molar-refractivity contribution in [1.29, 1.82) is 0 Å². The lowest BCUT2D eigenvalue weighted by Crippen LogP contribution is -2.19. The van der Waals surface area contributed by atoms with Crippen LogP contribution in [0.3, 0.4) is 0 Å². The molecule has 1 amide bonds. The van der Waals surface area contributed by atoms with Crippen molar-refractivity contribution in [3.05, 3.63) is 54.9 Å². The number of aromatic hydroxyl groups is 1. The Bertz CT molecular complexity index is 763. The maximum atomic E-state index is 12.1. The fraction of sp³-hybridized carbons (Fsp3) is 0. The van der Waals surface area contributed by atoms with E-state index in [-0.39, 0.29) is 11.3 Å². The minimum Gasteiger partial charge on any atom is -0.507 e. The predicted molar refractivity (Wildman–Crippen MR) is 97.1 cm³/mol. The Morgan fingerprint density at radius 3 is 2.64 bits per heavy atom. The largest absolute Gasteiger partial charge is 0.507 e. The van der Waals surface area contributed by atoms with Gasteiger partial charge in [0.2, 0.25) is 0 Å². The van der Waals surface area contributed by atoms with Gasteiger partial charge in [0, 0.05) is 19.0 Å². The summed E-state index contributed by atoms with van der Waals surface area (Å²) >= 11 is 9.86. The van der Waals surface area contributed by atoms with Crippen LogP contribution in [0.4, 0.5) is 5.69 Å². The first-order valence-corrected chi connectivity index (χ1v) is 8.33. The number of anilines is 1. The Hall–Kier alpha value is -1.38. The van der Waals surface area contributed by atoms with Gasteiger partial charge < -0.3 is 10.8 Å². The smallest absolute Gasteiger partial charge is 0.273 e. The molecule has 2 aromatic carbocycles. The standard InChI is InChI=1S/C14H10Br3N3O2/c15-8-1-2-12(21)7(3-8)6-19-20-14(22)10-4-9(16)5-11(17)13(10)18/h1-6,21H,18H2,(H,20,22). The number of phenols is 1. The lowest BCUT2D eigenvalue weighted by atomic mass is 10.2. The second kappa shape index (κ2) is 7.26. The van der Waals surface area contributed by atoms with Crippen LogP contribution in [-0.2, 0) is 0 Å². The summed E-state index contributed by atoms with van der Waals surface area (Å²) in [6.07, 6.45) is 1.35. The summed E-state index contributed by atoms with van der Waals surface area (Å²) in [5.41, 5.74) is 9.30. The van der Waals surface area contributed by atoms with E-state index >= 15 is 0 Å². The zero-order valence-electron chi connectivity index (χ0n) is 11.0. The van der Waals surface area contributed by atoms with Gasteiger partial charge in [-0.25, -0.2) is 5.43 Å². The first-order chi connectivity index (χ1) is 10.4. The molecule has 114 valence electrons.